The highest BCUT2D eigenvalue weighted by atomic mass is 35.5. The molecule has 4 nitrogen and oxygen atoms in total. The zero-order valence-corrected chi connectivity index (χ0v) is 13.0. The van der Waals surface area contributed by atoms with Gasteiger partial charge in [0.25, 0.3) is 5.56 Å². The molecule has 0 amide bonds. The Hall–Kier alpha value is -2.33. The lowest BCUT2D eigenvalue weighted by molar-refractivity contribution is 0.661. The molecule has 3 aromatic rings. The van der Waals surface area contributed by atoms with Gasteiger partial charge in [-0.2, -0.15) is 0 Å². The highest BCUT2D eigenvalue weighted by Gasteiger charge is 2.06. The van der Waals surface area contributed by atoms with Crippen LogP contribution in [0.5, 0.6) is 0 Å². The van der Waals surface area contributed by atoms with Crippen molar-refractivity contribution in [3.8, 4) is 0 Å². The van der Waals surface area contributed by atoms with Crippen LogP contribution in [0.2, 0.25) is 5.02 Å². The minimum Gasteiger partial charge on any atom is -0.399 e. The van der Waals surface area contributed by atoms with Gasteiger partial charge < -0.3 is 5.73 Å². The van der Waals surface area contributed by atoms with Crippen molar-refractivity contribution >= 4 is 28.2 Å². The minimum absolute atomic E-state index is 0.0448. The molecule has 0 radical (unpaired) electrons. The standard InChI is InChI=1S/C17H16ClN3O/c1-11-8-13(18)3-2-12(11)6-7-21-10-20-16-9-14(19)4-5-15(16)17(21)22/h2-5,8-10H,6-7,19H2,1H3. The van der Waals surface area contributed by atoms with Gasteiger partial charge >= 0.3 is 0 Å². The summed E-state index contributed by atoms with van der Waals surface area (Å²) in [6.07, 6.45) is 2.33. The van der Waals surface area contributed by atoms with Crippen molar-refractivity contribution in [2.24, 2.45) is 0 Å². The average molecular weight is 314 g/mol. The molecule has 0 aliphatic carbocycles. The van der Waals surface area contributed by atoms with Crippen LogP contribution >= 0.6 is 11.6 Å². The van der Waals surface area contributed by atoms with E-state index in [-0.39, 0.29) is 5.56 Å². The van der Waals surface area contributed by atoms with Gasteiger partial charge in [0.1, 0.15) is 0 Å². The first kappa shape index (κ1) is 14.6. The molecular weight excluding hydrogens is 298 g/mol. The van der Waals surface area contributed by atoms with E-state index in [2.05, 4.69) is 4.98 Å². The molecule has 0 aliphatic rings. The number of rotatable bonds is 3. The Bertz CT molecular complexity index is 902. The molecule has 0 unspecified atom stereocenters. The molecule has 22 heavy (non-hydrogen) atoms. The Labute approximate surface area is 133 Å². The lowest BCUT2D eigenvalue weighted by Gasteiger charge is -2.09. The van der Waals surface area contributed by atoms with E-state index in [4.69, 9.17) is 17.3 Å². The Kier molecular flexibility index (Phi) is 3.86. The Morgan fingerprint density at radius 3 is 2.82 bits per heavy atom. The van der Waals surface area contributed by atoms with Gasteiger partial charge in [-0.05, 0) is 54.8 Å². The monoisotopic (exact) mass is 313 g/mol. The van der Waals surface area contributed by atoms with E-state index in [1.54, 1.807) is 29.1 Å². The molecular formula is C17H16ClN3O. The quantitative estimate of drug-likeness (QED) is 0.755. The molecule has 2 N–H and O–H groups in total. The van der Waals surface area contributed by atoms with Gasteiger partial charge in [0.05, 0.1) is 17.2 Å². The number of halogens is 1. The van der Waals surface area contributed by atoms with Crippen LogP contribution in [0.4, 0.5) is 5.69 Å². The van der Waals surface area contributed by atoms with Gasteiger partial charge in [-0.15, -0.1) is 0 Å². The van der Waals surface area contributed by atoms with E-state index in [9.17, 15) is 4.79 Å². The number of aromatic nitrogens is 2. The number of aryl methyl sites for hydroxylation is 3. The molecule has 0 atom stereocenters. The molecule has 0 fully saturated rings. The smallest absolute Gasteiger partial charge is 0.261 e. The Morgan fingerprint density at radius 2 is 2.05 bits per heavy atom. The van der Waals surface area contributed by atoms with E-state index in [1.807, 2.05) is 25.1 Å². The summed E-state index contributed by atoms with van der Waals surface area (Å²) in [7, 11) is 0. The fourth-order valence-electron chi connectivity index (χ4n) is 2.52. The number of hydrogen-bond acceptors (Lipinski definition) is 3. The van der Waals surface area contributed by atoms with E-state index in [0.717, 1.165) is 17.0 Å². The lowest BCUT2D eigenvalue weighted by atomic mass is 10.1. The number of fused-ring (bicyclic) bond motifs is 1. The second kappa shape index (κ2) is 5.81. The summed E-state index contributed by atoms with van der Waals surface area (Å²) in [5.41, 5.74) is 9.21. The second-order valence-corrected chi connectivity index (χ2v) is 5.78. The van der Waals surface area contributed by atoms with Crippen LogP contribution < -0.4 is 11.3 Å². The van der Waals surface area contributed by atoms with Crippen LogP contribution in [0.15, 0.2) is 47.5 Å². The van der Waals surface area contributed by atoms with Gasteiger partial charge in [-0.1, -0.05) is 17.7 Å². The summed E-state index contributed by atoms with van der Waals surface area (Å²) in [5, 5.41) is 1.31. The molecule has 2 aromatic carbocycles. The van der Waals surface area contributed by atoms with Crippen LogP contribution in [0.1, 0.15) is 11.1 Å². The number of nitrogen functional groups attached to an aromatic ring is 1. The summed E-state index contributed by atoms with van der Waals surface area (Å²) in [4.78, 5) is 16.8. The maximum absolute atomic E-state index is 12.5. The summed E-state index contributed by atoms with van der Waals surface area (Å²) in [6, 6.07) is 11.0. The Morgan fingerprint density at radius 1 is 1.23 bits per heavy atom. The van der Waals surface area contributed by atoms with Crippen molar-refractivity contribution in [1.29, 1.82) is 0 Å². The van der Waals surface area contributed by atoms with Crippen molar-refractivity contribution in [2.75, 3.05) is 5.73 Å². The number of benzene rings is 2. The normalized spacial score (nSPS) is 11.0. The number of nitrogens with two attached hydrogens (primary N) is 1. The van der Waals surface area contributed by atoms with Gasteiger partial charge in [-0.3, -0.25) is 9.36 Å². The maximum atomic E-state index is 12.5. The van der Waals surface area contributed by atoms with Gasteiger partial charge in [-0.25, -0.2) is 4.98 Å². The van der Waals surface area contributed by atoms with Crippen molar-refractivity contribution < 1.29 is 0 Å². The van der Waals surface area contributed by atoms with E-state index < -0.39 is 0 Å². The fourth-order valence-corrected chi connectivity index (χ4v) is 2.74. The van der Waals surface area contributed by atoms with E-state index in [0.29, 0.717) is 23.1 Å². The zero-order chi connectivity index (χ0) is 15.7. The molecule has 0 aliphatic heterocycles. The fraction of sp³-hybridized carbons (Fsp3) is 0.176. The summed E-state index contributed by atoms with van der Waals surface area (Å²) in [5.74, 6) is 0. The molecule has 0 bridgehead atoms. The summed E-state index contributed by atoms with van der Waals surface area (Å²) < 4.78 is 1.63. The molecule has 0 saturated heterocycles. The third-order valence-corrected chi connectivity index (χ3v) is 4.01. The zero-order valence-electron chi connectivity index (χ0n) is 12.2. The molecule has 112 valence electrons. The van der Waals surface area contributed by atoms with Crippen LogP contribution in [-0.4, -0.2) is 9.55 Å². The van der Waals surface area contributed by atoms with Crippen LogP contribution in [0, 0.1) is 6.92 Å². The van der Waals surface area contributed by atoms with Crippen LogP contribution in [0.3, 0.4) is 0 Å². The topological polar surface area (TPSA) is 60.9 Å². The number of hydrogen-bond donors (Lipinski definition) is 1. The van der Waals surface area contributed by atoms with Crippen molar-refractivity contribution in [3.63, 3.8) is 0 Å². The third kappa shape index (κ3) is 2.83. The third-order valence-electron chi connectivity index (χ3n) is 3.78. The molecule has 5 heteroatoms. The van der Waals surface area contributed by atoms with Crippen molar-refractivity contribution in [1.82, 2.24) is 9.55 Å². The first-order chi connectivity index (χ1) is 10.5. The highest BCUT2D eigenvalue weighted by Crippen LogP contribution is 2.16. The van der Waals surface area contributed by atoms with Gasteiger partial charge in [0, 0.05) is 17.3 Å². The predicted octanol–water partition coefficient (Wildman–Crippen LogP) is 3.18. The maximum Gasteiger partial charge on any atom is 0.261 e. The van der Waals surface area contributed by atoms with E-state index >= 15 is 0 Å². The van der Waals surface area contributed by atoms with Crippen molar-refractivity contribution in [3.05, 3.63) is 69.2 Å². The molecule has 1 aromatic heterocycles. The molecule has 0 saturated carbocycles. The summed E-state index contributed by atoms with van der Waals surface area (Å²) in [6.45, 7) is 2.60. The van der Waals surface area contributed by atoms with E-state index in [1.165, 1.54) is 5.56 Å². The number of anilines is 1. The summed E-state index contributed by atoms with van der Waals surface area (Å²) >= 11 is 5.96. The van der Waals surface area contributed by atoms with Gasteiger partial charge in [0.15, 0.2) is 0 Å². The van der Waals surface area contributed by atoms with Gasteiger partial charge in [0.2, 0.25) is 0 Å². The number of nitrogens with zero attached hydrogens (tertiary/aromatic N) is 2. The highest BCUT2D eigenvalue weighted by molar-refractivity contribution is 6.30. The van der Waals surface area contributed by atoms with Crippen molar-refractivity contribution in [2.45, 2.75) is 19.9 Å². The minimum atomic E-state index is -0.0448. The van der Waals surface area contributed by atoms with Crippen LogP contribution in [-0.2, 0) is 13.0 Å². The Balaban J connectivity index is 1.89. The van der Waals surface area contributed by atoms with Crippen LogP contribution in [0.25, 0.3) is 10.9 Å². The molecule has 1 heterocycles. The average Bonchev–Trinajstić information content (AvgIpc) is 2.48. The second-order valence-electron chi connectivity index (χ2n) is 5.34. The SMILES string of the molecule is Cc1cc(Cl)ccc1CCn1cnc2cc(N)ccc2c1=O. The molecule has 3 rings (SSSR count). The lowest BCUT2D eigenvalue weighted by Crippen LogP contribution is -2.21. The predicted molar refractivity (Wildman–Crippen MR) is 90.3 cm³/mol. The largest absolute Gasteiger partial charge is 0.399 e. The first-order valence-corrected chi connectivity index (χ1v) is 7.42. The first-order valence-electron chi connectivity index (χ1n) is 7.04. The molecule has 0 spiro atoms.